The van der Waals surface area contributed by atoms with Crippen LogP contribution in [0.1, 0.15) is 24.3 Å². The Morgan fingerprint density at radius 1 is 1.27 bits per heavy atom. The molecule has 1 amide bonds. The standard InChI is InChI=1S/C18H23N3O4S/c1-12-4-6-13(7-5-12)17-21-20-16(25-17)9-8-15(22)19-14(10-11-26-3)18(23)24-2/h4-7,14H,8-11H2,1-3H3,(H,19,22)/t14-/m1/s1. The Balaban J connectivity index is 1.88. The number of amides is 1. The van der Waals surface area contributed by atoms with Crippen LogP contribution in [0.2, 0.25) is 0 Å². The molecule has 7 nitrogen and oxygen atoms in total. The fourth-order valence-corrected chi connectivity index (χ4v) is 2.75. The summed E-state index contributed by atoms with van der Waals surface area (Å²) < 4.78 is 10.3. The zero-order chi connectivity index (χ0) is 18.9. The fraction of sp³-hybridized carbons (Fsp3) is 0.444. The molecule has 8 heteroatoms. The number of thioether (sulfide) groups is 1. The van der Waals surface area contributed by atoms with Gasteiger partial charge in [-0.05, 0) is 37.5 Å². The molecule has 0 aliphatic carbocycles. The van der Waals surface area contributed by atoms with Crippen molar-refractivity contribution in [2.75, 3.05) is 19.1 Å². The van der Waals surface area contributed by atoms with Gasteiger partial charge in [-0.2, -0.15) is 11.8 Å². The molecular formula is C18H23N3O4S. The van der Waals surface area contributed by atoms with Crippen LogP contribution in [0.25, 0.3) is 11.5 Å². The second kappa shape index (κ2) is 9.96. The molecule has 1 aromatic heterocycles. The second-order valence-electron chi connectivity index (χ2n) is 5.79. The van der Waals surface area contributed by atoms with Gasteiger partial charge in [-0.3, -0.25) is 4.79 Å². The van der Waals surface area contributed by atoms with Gasteiger partial charge in [-0.25, -0.2) is 4.79 Å². The van der Waals surface area contributed by atoms with Crippen LogP contribution in [0.5, 0.6) is 0 Å². The molecule has 0 fully saturated rings. The van der Waals surface area contributed by atoms with Gasteiger partial charge < -0.3 is 14.5 Å². The van der Waals surface area contributed by atoms with Crippen LogP contribution in [0.4, 0.5) is 0 Å². The van der Waals surface area contributed by atoms with E-state index in [4.69, 9.17) is 9.15 Å². The van der Waals surface area contributed by atoms with E-state index in [2.05, 4.69) is 15.5 Å². The fourth-order valence-electron chi connectivity index (χ4n) is 2.28. The van der Waals surface area contributed by atoms with Crippen LogP contribution >= 0.6 is 11.8 Å². The summed E-state index contributed by atoms with van der Waals surface area (Å²) in [7, 11) is 1.31. The number of carbonyl (C=O) groups excluding carboxylic acids is 2. The molecule has 140 valence electrons. The van der Waals surface area contributed by atoms with Crippen LogP contribution < -0.4 is 5.32 Å². The number of hydrogen-bond acceptors (Lipinski definition) is 7. The first-order valence-electron chi connectivity index (χ1n) is 8.29. The molecule has 0 radical (unpaired) electrons. The number of nitrogens with zero attached hydrogens (tertiary/aromatic N) is 2. The van der Waals surface area contributed by atoms with E-state index in [0.717, 1.165) is 16.9 Å². The molecule has 0 bridgehead atoms. The summed E-state index contributed by atoms with van der Waals surface area (Å²) in [5.74, 6) is 0.870. The van der Waals surface area contributed by atoms with Crippen molar-refractivity contribution >= 4 is 23.6 Å². The van der Waals surface area contributed by atoms with Crippen molar-refractivity contribution in [3.8, 4) is 11.5 Å². The monoisotopic (exact) mass is 377 g/mol. The van der Waals surface area contributed by atoms with Gasteiger partial charge in [0, 0.05) is 18.4 Å². The Bertz CT molecular complexity index is 730. The largest absolute Gasteiger partial charge is 0.467 e. The number of esters is 1. The van der Waals surface area contributed by atoms with Crippen molar-refractivity contribution in [1.82, 2.24) is 15.5 Å². The number of hydrogen-bond donors (Lipinski definition) is 1. The number of nitrogens with one attached hydrogen (secondary N) is 1. The molecule has 1 atom stereocenters. The van der Waals surface area contributed by atoms with Crippen molar-refractivity contribution in [3.63, 3.8) is 0 Å². The Kier molecular flexibility index (Phi) is 7.65. The number of rotatable bonds is 9. The van der Waals surface area contributed by atoms with E-state index in [1.165, 1.54) is 7.11 Å². The van der Waals surface area contributed by atoms with E-state index in [0.29, 0.717) is 24.6 Å². The third kappa shape index (κ3) is 5.87. The highest BCUT2D eigenvalue weighted by atomic mass is 32.2. The maximum Gasteiger partial charge on any atom is 0.328 e. The summed E-state index contributed by atoms with van der Waals surface area (Å²) in [6, 6.07) is 7.12. The molecular weight excluding hydrogens is 354 g/mol. The second-order valence-corrected chi connectivity index (χ2v) is 6.78. The van der Waals surface area contributed by atoms with Crippen molar-refractivity contribution < 1.29 is 18.7 Å². The van der Waals surface area contributed by atoms with Crippen LogP contribution in [-0.4, -0.2) is 47.2 Å². The quantitative estimate of drug-likeness (QED) is 0.671. The Hall–Kier alpha value is -2.35. The summed E-state index contributed by atoms with van der Waals surface area (Å²) >= 11 is 1.60. The maximum atomic E-state index is 12.1. The van der Waals surface area contributed by atoms with Crippen molar-refractivity contribution in [2.24, 2.45) is 0 Å². The number of aryl methyl sites for hydroxylation is 2. The number of carbonyl (C=O) groups is 2. The summed E-state index contributed by atoms with van der Waals surface area (Å²) in [5.41, 5.74) is 1.98. The van der Waals surface area contributed by atoms with Gasteiger partial charge in [-0.1, -0.05) is 17.7 Å². The summed E-state index contributed by atoms with van der Waals surface area (Å²) in [6.07, 6.45) is 2.93. The highest BCUT2D eigenvalue weighted by Gasteiger charge is 2.21. The van der Waals surface area contributed by atoms with Gasteiger partial charge in [0.05, 0.1) is 7.11 Å². The number of ether oxygens (including phenoxy) is 1. The minimum Gasteiger partial charge on any atom is -0.467 e. The first-order chi connectivity index (χ1) is 12.5. The lowest BCUT2D eigenvalue weighted by Gasteiger charge is -2.15. The van der Waals surface area contributed by atoms with E-state index in [9.17, 15) is 9.59 Å². The van der Waals surface area contributed by atoms with Crippen LogP contribution in [0.3, 0.4) is 0 Å². The van der Waals surface area contributed by atoms with Gasteiger partial charge in [0.15, 0.2) is 0 Å². The normalized spacial score (nSPS) is 11.8. The topological polar surface area (TPSA) is 94.3 Å². The van der Waals surface area contributed by atoms with E-state index in [1.807, 2.05) is 37.4 Å². The number of aromatic nitrogens is 2. The van der Waals surface area contributed by atoms with Crippen LogP contribution in [0.15, 0.2) is 28.7 Å². The zero-order valence-corrected chi connectivity index (χ0v) is 16.0. The van der Waals surface area contributed by atoms with Gasteiger partial charge >= 0.3 is 5.97 Å². The molecule has 1 heterocycles. The molecule has 0 aliphatic heterocycles. The molecule has 0 unspecified atom stereocenters. The average molecular weight is 377 g/mol. The smallest absolute Gasteiger partial charge is 0.328 e. The Labute approximate surface area is 156 Å². The van der Waals surface area contributed by atoms with E-state index in [1.54, 1.807) is 11.8 Å². The lowest BCUT2D eigenvalue weighted by Crippen LogP contribution is -2.42. The SMILES string of the molecule is COC(=O)[C@@H](CCSC)NC(=O)CCc1nnc(-c2ccc(C)cc2)o1. The molecule has 0 saturated heterocycles. The number of benzene rings is 1. The summed E-state index contributed by atoms with van der Waals surface area (Å²) in [4.78, 5) is 23.8. The van der Waals surface area contributed by atoms with Gasteiger partial charge in [0.1, 0.15) is 6.04 Å². The highest BCUT2D eigenvalue weighted by Crippen LogP contribution is 2.18. The predicted molar refractivity (Wildman–Crippen MR) is 99.7 cm³/mol. The highest BCUT2D eigenvalue weighted by molar-refractivity contribution is 7.98. The predicted octanol–water partition coefficient (Wildman–Crippen LogP) is 2.39. The van der Waals surface area contributed by atoms with Crippen LogP contribution in [-0.2, 0) is 20.7 Å². The third-order valence-corrected chi connectivity index (χ3v) is 4.41. The minimum atomic E-state index is -0.634. The van der Waals surface area contributed by atoms with Crippen LogP contribution in [0, 0.1) is 6.92 Å². The van der Waals surface area contributed by atoms with E-state index in [-0.39, 0.29) is 12.3 Å². The maximum absolute atomic E-state index is 12.1. The molecule has 0 aliphatic rings. The van der Waals surface area contributed by atoms with Crippen molar-refractivity contribution in [3.05, 3.63) is 35.7 Å². The lowest BCUT2D eigenvalue weighted by atomic mass is 10.1. The first-order valence-corrected chi connectivity index (χ1v) is 9.68. The zero-order valence-electron chi connectivity index (χ0n) is 15.2. The lowest BCUT2D eigenvalue weighted by molar-refractivity contribution is -0.145. The van der Waals surface area contributed by atoms with Crippen molar-refractivity contribution in [1.29, 1.82) is 0 Å². The molecule has 0 saturated carbocycles. The molecule has 2 aromatic rings. The third-order valence-electron chi connectivity index (χ3n) is 3.76. The van der Waals surface area contributed by atoms with Gasteiger partial charge in [-0.15, -0.1) is 10.2 Å². The summed E-state index contributed by atoms with van der Waals surface area (Å²) in [5, 5.41) is 10.7. The van der Waals surface area contributed by atoms with Gasteiger partial charge in [0.25, 0.3) is 0 Å². The molecule has 2 rings (SSSR count). The summed E-state index contributed by atoms with van der Waals surface area (Å²) in [6.45, 7) is 2.00. The Morgan fingerprint density at radius 2 is 2.00 bits per heavy atom. The Morgan fingerprint density at radius 3 is 2.65 bits per heavy atom. The van der Waals surface area contributed by atoms with Gasteiger partial charge in [0.2, 0.25) is 17.7 Å². The molecule has 1 N–H and O–H groups in total. The minimum absolute atomic E-state index is 0.155. The average Bonchev–Trinajstić information content (AvgIpc) is 3.12. The first kappa shape index (κ1) is 20.0. The molecule has 0 spiro atoms. The molecule has 1 aromatic carbocycles. The molecule has 26 heavy (non-hydrogen) atoms. The number of methoxy groups -OCH3 is 1. The van der Waals surface area contributed by atoms with E-state index >= 15 is 0 Å². The van der Waals surface area contributed by atoms with E-state index < -0.39 is 12.0 Å². The van der Waals surface area contributed by atoms with Crippen molar-refractivity contribution in [2.45, 2.75) is 32.2 Å².